The van der Waals surface area contributed by atoms with Crippen molar-refractivity contribution in [2.75, 3.05) is 0 Å². The van der Waals surface area contributed by atoms with Gasteiger partial charge >= 0.3 is 0 Å². The normalized spacial score (nSPS) is 8.57. The first-order chi connectivity index (χ1) is 6.59. The molecule has 0 radical (unpaired) electrons. The molecule has 0 amide bonds. The average Bonchev–Trinajstić information content (AvgIpc) is 2.23. The fraction of sp³-hybridized carbons (Fsp3) is 0.571. The van der Waals surface area contributed by atoms with E-state index in [9.17, 15) is 0 Å². The lowest BCUT2D eigenvalue weighted by Gasteiger charge is -2.07. The number of rotatable bonds is 3. The lowest BCUT2D eigenvalue weighted by Crippen LogP contribution is -1.92. The Morgan fingerprint density at radius 1 is 1.00 bits per heavy atom. The van der Waals surface area contributed by atoms with E-state index in [1.165, 1.54) is 0 Å². The summed E-state index contributed by atoms with van der Waals surface area (Å²) in [7, 11) is 0. The smallest absolute Gasteiger partial charge is 0.0219 e. The van der Waals surface area contributed by atoms with E-state index in [0.29, 0.717) is 5.92 Å². The Kier molecular flexibility index (Phi) is 19.9. The highest BCUT2D eigenvalue weighted by atomic mass is 14.0. The van der Waals surface area contributed by atoms with E-state index in [1.54, 1.807) is 0 Å². The molecular formula is C14H28. The zero-order chi connectivity index (χ0) is 12.1. The van der Waals surface area contributed by atoms with Gasteiger partial charge in [-0.2, -0.15) is 0 Å². The molecule has 0 aliphatic carbocycles. The average molecular weight is 196 g/mol. The Hall–Kier alpha value is -0.780. The Morgan fingerprint density at radius 3 is 1.57 bits per heavy atom. The SMILES string of the molecule is C=C(/C=C\C)C(=C)C(C)C.CC.CC. The molecule has 0 aliphatic heterocycles. The van der Waals surface area contributed by atoms with Gasteiger partial charge in [0.25, 0.3) is 0 Å². The summed E-state index contributed by atoms with van der Waals surface area (Å²) in [6.45, 7) is 22.0. The molecule has 0 bridgehead atoms. The van der Waals surface area contributed by atoms with Crippen molar-refractivity contribution in [3.8, 4) is 0 Å². The van der Waals surface area contributed by atoms with Crippen molar-refractivity contribution in [2.24, 2.45) is 5.92 Å². The van der Waals surface area contributed by atoms with Crippen molar-refractivity contribution in [1.82, 2.24) is 0 Å². The maximum atomic E-state index is 3.92. The summed E-state index contributed by atoms with van der Waals surface area (Å²) in [6, 6.07) is 0. The summed E-state index contributed by atoms with van der Waals surface area (Å²) < 4.78 is 0. The van der Waals surface area contributed by atoms with Gasteiger partial charge in [0.15, 0.2) is 0 Å². The third kappa shape index (κ3) is 11.2. The van der Waals surface area contributed by atoms with Gasteiger partial charge in [0, 0.05) is 0 Å². The topological polar surface area (TPSA) is 0 Å². The highest BCUT2D eigenvalue weighted by Gasteiger charge is 1.99. The van der Waals surface area contributed by atoms with Crippen LogP contribution in [0.3, 0.4) is 0 Å². The third-order valence-corrected chi connectivity index (χ3v) is 1.48. The minimum atomic E-state index is 0.503. The summed E-state index contributed by atoms with van der Waals surface area (Å²) >= 11 is 0. The molecule has 0 N–H and O–H groups in total. The van der Waals surface area contributed by atoms with Crippen LogP contribution in [0, 0.1) is 5.92 Å². The molecule has 0 aromatic rings. The lowest BCUT2D eigenvalue weighted by atomic mass is 9.98. The van der Waals surface area contributed by atoms with Gasteiger partial charge < -0.3 is 0 Å². The quantitative estimate of drug-likeness (QED) is 0.531. The summed E-state index contributed by atoms with van der Waals surface area (Å²) in [5.74, 6) is 0.503. The second kappa shape index (κ2) is 14.7. The molecule has 0 saturated carbocycles. The van der Waals surface area contributed by atoms with Crippen LogP contribution in [0.25, 0.3) is 0 Å². The van der Waals surface area contributed by atoms with E-state index in [0.717, 1.165) is 11.1 Å². The van der Waals surface area contributed by atoms with Gasteiger partial charge in [-0.1, -0.05) is 66.9 Å². The number of allylic oxidation sites excluding steroid dienone is 4. The summed E-state index contributed by atoms with van der Waals surface area (Å²) in [6.07, 6.45) is 3.97. The van der Waals surface area contributed by atoms with Crippen LogP contribution in [0.5, 0.6) is 0 Å². The zero-order valence-corrected chi connectivity index (χ0v) is 11.1. The molecule has 84 valence electrons. The monoisotopic (exact) mass is 196 g/mol. The van der Waals surface area contributed by atoms with Crippen molar-refractivity contribution >= 4 is 0 Å². The molecule has 0 heteroatoms. The van der Waals surface area contributed by atoms with Crippen molar-refractivity contribution < 1.29 is 0 Å². The summed E-state index contributed by atoms with van der Waals surface area (Å²) in [4.78, 5) is 0. The molecule has 0 unspecified atom stereocenters. The van der Waals surface area contributed by atoms with Crippen molar-refractivity contribution in [1.29, 1.82) is 0 Å². The molecule has 0 fully saturated rings. The minimum Gasteiger partial charge on any atom is -0.0950 e. The summed E-state index contributed by atoms with van der Waals surface area (Å²) in [5.41, 5.74) is 2.16. The molecule has 0 nitrogen and oxygen atoms in total. The molecule has 0 rings (SSSR count). The van der Waals surface area contributed by atoms with E-state index in [-0.39, 0.29) is 0 Å². The molecule has 0 atom stereocenters. The van der Waals surface area contributed by atoms with E-state index in [1.807, 2.05) is 46.8 Å². The van der Waals surface area contributed by atoms with Crippen molar-refractivity contribution in [2.45, 2.75) is 48.5 Å². The number of hydrogen-bond donors (Lipinski definition) is 0. The van der Waals surface area contributed by atoms with E-state index < -0.39 is 0 Å². The van der Waals surface area contributed by atoms with Gasteiger partial charge in [-0.25, -0.2) is 0 Å². The highest BCUT2D eigenvalue weighted by Crippen LogP contribution is 2.15. The van der Waals surface area contributed by atoms with Gasteiger partial charge in [-0.15, -0.1) is 0 Å². The third-order valence-electron chi connectivity index (χ3n) is 1.48. The van der Waals surface area contributed by atoms with Crippen LogP contribution in [0.15, 0.2) is 36.5 Å². The second-order valence-corrected chi connectivity index (χ2v) is 2.71. The van der Waals surface area contributed by atoms with Crippen LogP contribution in [0.2, 0.25) is 0 Å². The van der Waals surface area contributed by atoms with Crippen molar-refractivity contribution in [3.05, 3.63) is 36.5 Å². The first kappa shape index (κ1) is 18.9. The summed E-state index contributed by atoms with van der Waals surface area (Å²) in [5, 5.41) is 0. The maximum absolute atomic E-state index is 3.92. The Bertz CT molecular complexity index is 159. The van der Waals surface area contributed by atoms with Crippen LogP contribution in [-0.4, -0.2) is 0 Å². The standard InChI is InChI=1S/C10H16.2C2H6/c1-6-7-9(4)10(5)8(2)3;2*1-2/h6-8H,4-5H2,1-3H3;2*1-2H3/b7-6-;;. The predicted octanol–water partition coefficient (Wildman–Crippen LogP) is 5.38. The molecular weight excluding hydrogens is 168 g/mol. The molecule has 14 heavy (non-hydrogen) atoms. The fourth-order valence-electron chi connectivity index (χ4n) is 0.679. The Balaban J connectivity index is -0.000000266. The van der Waals surface area contributed by atoms with E-state index >= 15 is 0 Å². The highest BCUT2D eigenvalue weighted by molar-refractivity contribution is 5.35. The van der Waals surface area contributed by atoms with Gasteiger partial charge in [0.05, 0.1) is 0 Å². The van der Waals surface area contributed by atoms with Gasteiger partial charge in [0.1, 0.15) is 0 Å². The van der Waals surface area contributed by atoms with E-state index in [4.69, 9.17) is 0 Å². The van der Waals surface area contributed by atoms with Gasteiger partial charge in [-0.3, -0.25) is 0 Å². The minimum absolute atomic E-state index is 0.503. The zero-order valence-electron chi connectivity index (χ0n) is 11.1. The first-order valence-corrected chi connectivity index (χ1v) is 5.60. The molecule has 0 aromatic carbocycles. The van der Waals surface area contributed by atoms with Crippen LogP contribution in [0.4, 0.5) is 0 Å². The predicted molar refractivity (Wildman–Crippen MR) is 70.6 cm³/mol. The molecule has 0 spiro atoms. The number of hydrogen-bond acceptors (Lipinski definition) is 0. The van der Waals surface area contributed by atoms with Gasteiger partial charge in [-0.05, 0) is 24.0 Å². The Morgan fingerprint density at radius 2 is 1.36 bits per heavy atom. The largest absolute Gasteiger partial charge is 0.0950 e. The first-order valence-electron chi connectivity index (χ1n) is 5.60. The lowest BCUT2D eigenvalue weighted by molar-refractivity contribution is 0.787. The molecule has 0 heterocycles. The molecule has 0 aliphatic rings. The van der Waals surface area contributed by atoms with Crippen LogP contribution in [-0.2, 0) is 0 Å². The van der Waals surface area contributed by atoms with Crippen LogP contribution in [0.1, 0.15) is 48.5 Å². The Labute approximate surface area is 91.4 Å². The molecule has 0 aromatic heterocycles. The van der Waals surface area contributed by atoms with Crippen LogP contribution >= 0.6 is 0 Å². The van der Waals surface area contributed by atoms with E-state index in [2.05, 4.69) is 27.0 Å². The maximum Gasteiger partial charge on any atom is -0.0219 e. The second-order valence-electron chi connectivity index (χ2n) is 2.71. The molecule has 0 saturated heterocycles. The van der Waals surface area contributed by atoms with Crippen molar-refractivity contribution in [3.63, 3.8) is 0 Å². The van der Waals surface area contributed by atoms with Crippen LogP contribution < -0.4 is 0 Å². The van der Waals surface area contributed by atoms with Gasteiger partial charge in [0.2, 0.25) is 0 Å². The fourth-order valence-corrected chi connectivity index (χ4v) is 0.679.